The van der Waals surface area contributed by atoms with Crippen molar-refractivity contribution in [2.75, 3.05) is 0 Å². The predicted octanol–water partition coefficient (Wildman–Crippen LogP) is 9.91. The standard InChI is InChI=1S/C18H9Br6O4P/c19-10-4-1-5-11(20)16(10)26-29(25,27-17-12(21)6-2-7-13(17)22)28-18-14(23)8-3-9-15(18)24/h1-9H. The van der Waals surface area contributed by atoms with Crippen molar-refractivity contribution in [2.24, 2.45) is 0 Å². The summed E-state index contributed by atoms with van der Waals surface area (Å²) in [6.07, 6.45) is 0. The molecule has 0 heterocycles. The molecule has 152 valence electrons. The number of phosphoric ester groups is 1. The lowest BCUT2D eigenvalue weighted by atomic mass is 10.3. The molecular formula is C18H9Br6O4P. The number of hydrogen-bond donors (Lipinski definition) is 0. The number of hydrogen-bond acceptors (Lipinski definition) is 4. The molecule has 0 amide bonds. The Morgan fingerprint density at radius 1 is 0.483 bits per heavy atom. The minimum Gasteiger partial charge on any atom is -0.383 e. The van der Waals surface area contributed by atoms with Crippen LogP contribution >= 0.6 is 103 Å². The highest BCUT2D eigenvalue weighted by molar-refractivity contribution is 9.12. The highest BCUT2D eigenvalue weighted by Gasteiger charge is 2.37. The van der Waals surface area contributed by atoms with Crippen molar-refractivity contribution >= 4 is 103 Å². The van der Waals surface area contributed by atoms with Crippen molar-refractivity contribution in [3.8, 4) is 17.2 Å². The van der Waals surface area contributed by atoms with Crippen LogP contribution in [0.15, 0.2) is 81.4 Å². The van der Waals surface area contributed by atoms with Crippen molar-refractivity contribution in [1.29, 1.82) is 0 Å². The molecule has 0 saturated heterocycles. The summed E-state index contributed by atoms with van der Waals surface area (Å²) in [4.78, 5) is 0. The molecule has 0 radical (unpaired) electrons. The fraction of sp³-hybridized carbons (Fsp3) is 0. The van der Waals surface area contributed by atoms with Gasteiger partial charge in [0.15, 0.2) is 17.2 Å². The third-order valence-electron chi connectivity index (χ3n) is 3.37. The summed E-state index contributed by atoms with van der Waals surface area (Å²) in [5, 5.41) is 0. The van der Waals surface area contributed by atoms with Gasteiger partial charge in [0.05, 0.1) is 26.8 Å². The molecule has 0 aliphatic carbocycles. The van der Waals surface area contributed by atoms with E-state index < -0.39 is 7.82 Å². The van der Waals surface area contributed by atoms with Crippen molar-refractivity contribution in [2.45, 2.75) is 0 Å². The lowest BCUT2D eigenvalue weighted by molar-refractivity contribution is 0.295. The second kappa shape index (κ2) is 10.2. The Hall–Kier alpha value is 0.170. The highest BCUT2D eigenvalue weighted by Crippen LogP contribution is 2.56. The molecule has 3 rings (SSSR count). The SMILES string of the molecule is O=P(Oc1c(Br)cccc1Br)(Oc1c(Br)cccc1Br)Oc1c(Br)cccc1Br. The van der Waals surface area contributed by atoms with Crippen LogP contribution in [0, 0.1) is 0 Å². The lowest BCUT2D eigenvalue weighted by Crippen LogP contribution is -2.09. The van der Waals surface area contributed by atoms with E-state index in [4.69, 9.17) is 13.6 Å². The molecule has 3 aromatic rings. The summed E-state index contributed by atoms with van der Waals surface area (Å²) in [5.74, 6) is 0.839. The third kappa shape index (κ3) is 5.90. The first-order valence-corrected chi connectivity index (χ1v) is 13.9. The van der Waals surface area contributed by atoms with Gasteiger partial charge in [-0.15, -0.1) is 0 Å². The number of phosphoric acid groups is 1. The summed E-state index contributed by atoms with van der Waals surface area (Å²) in [6, 6.07) is 16.0. The lowest BCUT2D eigenvalue weighted by Gasteiger charge is -2.22. The number of rotatable bonds is 6. The quantitative estimate of drug-likeness (QED) is 0.233. The Balaban J connectivity index is 2.09. The van der Waals surface area contributed by atoms with Crippen LogP contribution in [0.5, 0.6) is 17.2 Å². The summed E-state index contributed by atoms with van der Waals surface area (Å²) >= 11 is 20.4. The molecule has 3 aromatic carbocycles. The maximum Gasteiger partial charge on any atom is 0.647 e. The van der Waals surface area contributed by atoms with Crippen LogP contribution in [0.4, 0.5) is 0 Å². The average molecular weight is 800 g/mol. The van der Waals surface area contributed by atoms with Crippen LogP contribution in [0.1, 0.15) is 0 Å². The molecule has 0 fully saturated rings. The van der Waals surface area contributed by atoms with Gasteiger partial charge in [-0.2, -0.15) is 4.57 Å². The molecule has 0 aliphatic heterocycles. The van der Waals surface area contributed by atoms with Gasteiger partial charge in [0.2, 0.25) is 0 Å². The Kier molecular flexibility index (Phi) is 8.37. The van der Waals surface area contributed by atoms with Gasteiger partial charge in [0.1, 0.15) is 0 Å². The third-order valence-corrected chi connectivity index (χ3v) is 8.33. The molecular weight excluding hydrogens is 791 g/mol. The van der Waals surface area contributed by atoms with E-state index in [1.165, 1.54) is 0 Å². The number of halogens is 6. The van der Waals surface area contributed by atoms with Crippen LogP contribution in [0.2, 0.25) is 0 Å². The smallest absolute Gasteiger partial charge is 0.383 e. The van der Waals surface area contributed by atoms with E-state index in [1.54, 1.807) is 36.4 Å². The fourth-order valence-corrected chi connectivity index (χ4v) is 7.70. The Labute approximate surface area is 218 Å². The zero-order chi connectivity index (χ0) is 21.2. The zero-order valence-corrected chi connectivity index (χ0v) is 24.5. The van der Waals surface area contributed by atoms with Crippen molar-refractivity contribution in [3.05, 3.63) is 81.4 Å². The van der Waals surface area contributed by atoms with Crippen LogP contribution < -0.4 is 13.6 Å². The van der Waals surface area contributed by atoms with E-state index in [2.05, 4.69) is 95.6 Å². The van der Waals surface area contributed by atoms with E-state index in [9.17, 15) is 4.57 Å². The molecule has 0 spiro atoms. The largest absolute Gasteiger partial charge is 0.647 e. The molecule has 0 saturated carbocycles. The Bertz CT molecular complexity index is 910. The second-order valence-electron chi connectivity index (χ2n) is 5.37. The molecule has 0 N–H and O–H groups in total. The normalized spacial score (nSPS) is 11.2. The van der Waals surface area contributed by atoms with Crippen molar-refractivity contribution in [3.63, 3.8) is 0 Å². The molecule has 0 bridgehead atoms. The molecule has 11 heteroatoms. The van der Waals surface area contributed by atoms with Crippen molar-refractivity contribution < 1.29 is 18.1 Å². The summed E-state index contributed by atoms with van der Waals surface area (Å²) in [6.45, 7) is 0. The topological polar surface area (TPSA) is 44.8 Å². The maximum absolute atomic E-state index is 13.8. The summed E-state index contributed by atoms with van der Waals surface area (Å²) < 4.78 is 34.8. The van der Waals surface area contributed by atoms with Gasteiger partial charge < -0.3 is 13.6 Å². The summed E-state index contributed by atoms with van der Waals surface area (Å²) in [7, 11) is -4.23. The van der Waals surface area contributed by atoms with Gasteiger partial charge >= 0.3 is 7.82 Å². The fourth-order valence-electron chi connectivity index (χ4n) is 2.10. The van der Waals surface area contributed by atoms with Crippen LogP contribution in [0.25, 0.3) is 0 Å². The van der Waals surface area contributed by atoms with Crippen LogP contribution in [-0.2, 0) is 4.57 Å². The van der Waals surface area contributed by atoms with E-state index >= 15 is 0 Å². The van der Waals surface area contributed by atoms with Crippen molar-refractivity contribution in [1.82, 2.24) is 0 Å². The van der Waals surface area contributed by atoms with Gasteiger partial charge in [-0.1, -0.05) is 18.2 Å². The monoisotopic (exact) mass is 794 g/mol. The van der Waals surface area contributed by atoms with E-state index in [1.807, 2.05) is 18.2 Å². The molecule has 0 unspecified atom stereocenters. The van der Waals surface area contributed by atoms with E-state index in [0.717, 1.165) is 0 Å². The van der Waals surface area contributed by atoms with Crippen LogP contribution in [-0.4, -0.2) is 0 Å². The molecule has 0 atom stereocenters. The van der Waals surface area contributed by atoms with Gasteiger partial charge in [-0.25, -0.2) is 0 Å². The van der Waals surface area contributed by atoms with Gasteiger partial charge in [0.25, 0.3) is 0 Å². The predicted molar refractivity (Wildman–Crippen MR) is 135 cm³/mol. The Morgan fingerprint density at radius 2 is 0.690 bits per heavy atom. The average Bonchev–Trinajstić information content (AvgIpc) is 2.65. The molecule has 0 aromatic heterocycles. The number of benzene rings is 3. The number of para-hydroxylation sites is 3. The van der Waals surface area contributed by atoms with E-state index in [-0.39, 0.29) is 17.2 Å². The first-order valence-electron chi connectivity index (χ1n) is 7.71. The molecule has 0 aliphatic rings. The van der Waals surface area contributed by atoms with E-state index in [0.29, 0.717) is 26.8 Å². The molecule has 4 nitrogen and oxygen atoms in total. The Morgan fingerprint density at radius 3 is 0.897 bits per heavy atom. The van der Waals surface area contributed by atoms with Gasteiger partial charge in [-0.05, 0) is 132 Å². The van der Waals surface area contributed by atoms with Gasteiger partial charge in [0, 0.05) is 0 Å². The summed E-state index contributed by atoms with van der Waals surface area (Å²) in [5.41, 5.74) is 0. The second-order valence-corrected chi connectivity index (χ2v) is 11.9. The zero-order valence-electron chi connectivity index (χ0n) is 14.0. The highest BCUT2D eigenvalue weighted by atomic mass is 79.9. The minimum atomic E-state index is -4.23. The van der Waals surface area contributed by atoms with Crippen LogP contribution in [0.3, 0.4) is 0 Å². The van der Waals surface area contributed by atoms with Gasteiger partial charge in [-0.3, -0.25) is 0 Å². The minimum absolute atomic E-state index is 0.280. The first kappa shape index (κ1) is 23.8. The molecule has 29 heavy (non-hydrogen) atoms. The first-order chi connectivity index (χ1) is 13.7. The maximum atomic E-state index is 13.8.